The molecule has 4 rings (SSSR count). The first-order chi connectivity index (χ1) is 13.6. The number of aromatic nitrogens is 2. The minimum Gasteiger partial charge on any atom is -0.331 e. The zero-order chi connectivity index (χ0) is 19.7. The molecule has 1 saturated heterocycles. The number of likely N-dealkylation sites (tertiary alicyclic amines) is 1. The molecule has 1 aliphatic heterocycles. The summed E-state index contributed by atoms with van der Waals surface area (Å²) >= 11 is 12.2. The maximum atomic E-state index is 12.9. The van der Waals surface area contributed by atoms with E-state index in [0.717, 1.165) is 48.4 Å². The number of nitrogens with zero attached hydrogens (tertiary/aromatic N) is 3. The highest BCUT2D eigenvalue weighted by Crippen LogP contribution is 2.35. The van der Waals surface area contributed by atoms with E-state index in [9.17, 15) is 4.79 Å². The Balaban J connectivity index is 1.49. The first kappa shape index (κ1) is 19.1. The van der Waals surface area contributed by atoms with Gasteiger partial charge in [-0.3, -0.25) is 0 Å². The molecule has 0 saturated carbocycles. The Kier molecular flexibility index (Phi) is 5.47. The monoisotopic (exact) mass is 416 g/mol. The van der Waals surface area contributed by atoms with Crippen LogP contribution in [0, 0.1) is 0 Å². The largest absolute Gasteiger partial charge is 0.331 e. The van der Waals surface area contributed by atoms with Gasteiger partial charge in [-0.1, -0.05) is 41.4 Å². The maximum Gasteiger partial charge on any atom is 0.318 e. The molecule has 0 aliphatic carbocycles. The van der Waals surface area contributed by atoms with E-state index in [1.165, 1.54) is 0 Å². The lowest BCUT2D eigenvalue weighted by Crippen LogP contribution is -2.39. The summed E-state index contributed by atoms with van der Waals surface area (Å²) in [5, 5.41) is 4.09. The molecule has 1 atom stereocenters. The maximum absolute atomic E-state index is 12.9. The molecule has 1 aliphatic rings. The summed E-state index contributed by atoms with van der Waals surface area (Å²) < 4.78 is 2.13. The van der Waals surface area contributed by atoms with E-state index in [-0.39, 0.29) is 12.1 Å². The third kappa shape index (κ3) is 3.56. The van der Waals surface area contributed by atoms with E-state index in [4.69, 9.17) is 23.2 Å². The van der Waals surface area contributed by atoms with Crippen molar-refractivity contribution in [1.29, 1.82) is 0 Å². The van der Waals surface area contributed by atoms with Crippen molar-refractivity contribution in [2.24, 2.45) is 0 Å². The van der Waals surface area contributed by atoms with E-state index < -0.39 is 0 Å². The number of fused-ring (bicyclic) bond motifs is 1. The number of benzene rings is 2. The standard InChI is InChI=1S/C21H22Cl2N4O/c1-2-26-19-7-4-3-6-17(19)25-20(26)13-24-21(28)27-11-5-8-18(27)14-9-10-15(22)16(23)12-14/h3-4,6-7,9-10,12,18H,2,5,8,11,13H2,1H3,(H,24,28)/t18-/m0/s1. The first-order valence-electron chi connectivity index (χ1n) is 9.52. The van der Waals surface area contributed by atoms with Gasteiger partial charge in [0.2, 0.25) is 0 Å². The van der Waals surface area contributed by atoms with Crippen LogP contribution >= 0.6 is 23.2 Å². The van der Waals surface area contributed by atoms with Gasteiger partial charge in [-0.05, 0) is 49.6 Å². The summed E-state index contributed by atoms with van der Waals surface area (Å²) in [5.41, 5.74) is 3.05. The number of halogens is 2. The highest BCUT2D eigenvalue weighted by atomic mass is 35.5. The second kappa shape index (κ2) is 8.02. The lowest BCUT2D eigenvalue weighted by molar-refractivity contribution is 0.192. The molecule has 1 fully saturated rings. The van der Waals surface area contributed by atoms with E-state index >= 15 is 0 Å². The number of carbonyl (C=O) groups excluding carboxylic acids is 1. The van der Waals surface area contributed by atoms with Crippen molar-refractivity contribution in [1.82, 2.24) is 19.8 Å². The first-order valence-corrected chi connectivity index (χ1v) is 10.3. The van der Waals surface area contributed by atoms with Gasteiger partial charge in [0.1, 0.15) is 5.82 Å². The van der Waals surface area contributed by atoms with Gasteiger partial charge < -0.3 is 14.8 Å². The molecule has 5 nitrogen and oxygen atoms in total. The van der Waals surface area contributed by atoms with Gasteiger partial charge in [0.25, 0.3) is 0 Å². The number of urea groups is 1. The van der Waals surface area contributed by atoms with Gasteiger partial charge in [-0.25, -0.2) is 9.78 Å². The van der Waals surface area contributed by atoms with Crippen LogP contribution in [0.5, 0.6) is 0 Å². The van der Waals surface area contributed by atoms with Gasteiger partial charge >= 0.3 is 6.03 Å². The average molecular weight is 417 g/mol. The molecule has 7 heteroatoms. The van der Waals surface area contributed by atoms with E-state index in [2.05, 4.69) is 27.9 Å². The third-order valence-corrected chi connectivity index (χ3v) is 6.03. The van der Waals surface area contributed by atoms with Crippen molar-refractivity contribution < 1.29 is 4.79 Å². The quantitative estimate of drug-likeness (QED) is 0.617. The lowest BCUT2D eigenvalue weighted by atomic mass is 10.0. The molecule has 146 valence electrons. The molecular formula is C21H22Cl2N4O. The van der Waals surface area contributed by atoms with Gasteiger partial charge in [0, 0.05) is 13.1 Å². The van der Waals surface area contributed by atoms with Gasteiger partial charge in [-0.15, -0.1) is 0 Å². The van der Waals surface area contributed by atoms with Crippen molar-refractivity contribution >= 4 is 40.3 Å². The molecule has 28 heavy (non-hydrogen) atoms. The van der Waals surface area contributed by atoms with Gasteiger partial charge in [0.05, 0.1) is 33.7 Å². The zero-order valence-corrected chi connectivity index (χ0v) is 17.2. The van der Waals surface area contributed by atoms with Crippen molar-refractivity contribution in [3.8, 4) is 0 Å². The highest BCUT2D eigenvalue weighted by Gasteiger charge is 2.30. The number of hydrogen-bond acceptors (Lipinski definition) is 2. The molecule has 0 bridgehead atoms. The predicted octanol–water partition coefficient (Wildman–Crippen LogP) is 5.41. The fourth-order valence-electron chi connectivity index (χ4n) is 3.95. The summed E-state index contributed by atoms with van der Waals surface area (Å²) in [6.07, 6.45) is 1.88. The number of para-hydroxylation sites is 2. The van der Waals surface area contributed by atoms with Crippen molar-refractivity contribution in [3.05, 3.63) is 63.9 Å². The molecule has 0 radical (unpaired) electrons. The van der Waals surface area contributed by atoms with Crippen LogP contribution in [0.25, 0.3) is 11.0 Å². The minimum absolute atomic E-state index is 0.0137. The van der Waals surface area contributed by atoms with Crippen molar-refractivity contribution in [2.45, 2.75) is 38.9 Å². The van der Waals surface area contributed by atoms with Crippen LogP contribution in [-0.4, -0.2) is 27.0 Å². The van der Waals surface area contributed by atoms with E-state index in [1.54, 1.807) is 6.07 Å². The lowest BCUT2D eigenvalue weighted by Gasteiger charge is -2.25. The summed E-state index contributed by atoms with van der Waals surface area (Å²) in [4.78, 5) is 19.4. The topological polar surface area (TPSA) is 50.2 Å². The zero-order valence-electron chi connectivity index (χ0n) is 15.7. The van der Waals surface area contributed by atoms with Gasteiger partial charge in [0.15, 0.2) is 0 Å². The smallest absolute Gasteiger partial charge is 0.318 e. The Hall–Kier alpha value is -2.24. The van der Waals surface area contributed by atoms with Crippen molar-refractivity contribution in [3.63, 3.8) is 0 Å². The molecule has 2 amide bonds. The Labute approximate surface area is 174 Å². The summed E-state index contributed by atoms with van der Waals surface area (Å²) in [6.45, 7) is 4.01. The average Bonchev–Trinajstić information content (AvgIpc) is 3.32. The van der Waals surface area contributed by atoms with E-state index in [0.29, 0.717) is 16.6 Å². The second-order valence-electron chi connectivity index (χ2n) is 6.94. The molecule has 1 N–H and O–H groups in total. The van der Waals surface area contributed by atoms with Crippen LogP contribution in [-0.2, 0) is 13.1 Å². The number of carbonyl (C=O) groups is 1. The normalized spacial score (nSPS) is 16.7. The van der Waals surface area contributed by atoms with Crippen LogP contribution in [0.3, 0.4) is 0 Å². The van der Waals surface area contributed by atoms with E-state index in [1.807, 2.05) is 35.2 Å². The molecule has 2 heterocycles. The summed E-state index contributed by atoms with van der Waals surface area (Å²) in [7, 11) is 0. The number of imidazole rings is 1. The molecule has 0 spiro atoms. The van der Waals surface area contributed by atoms with Crippen molar-refractivity contribution in [2.75, 3.05) is 6.54 Å². The Morgan fingerprint density at radius 1 is 1.21 bits per heavy atom. The molecular weight excluding hydrogens is 395 g/mol. The molecule has 2 aromatic carbocycles. The number of hydrogen-bond donors (Lipinski definition) is 1. The van der Waals surface area contributed by atoms with Crippen LogP contribution in [0.1, 0.15) is 37.2 Å². The minimum atomic E-state index is -0.0803. The summed E-state index contributed by atoms with van der Waals surface area (Å²) in [5.74, 6) is 0.863. The fraction of sp³-hybridized carbons (Fsp3) is 0.333. The highest BCUT2D eigenvalue weighted by molar-refractivity contribution is 6.42. The molecule has 3 aromatic rings. The number of amides is 2. The third-order valence-electron chi connectivity index (χ3n) is 5.29. The van der Waals surface area contributed by atoms with Crippen LogP contribution < -0.4 is 5.32 Å². The Morgan fingerprint density at radius 3 is 2.82 bits per heavy atom. The van der Waals surface area contributed by atoms with Crippen LogP contribution in [0.4, 0.5) is 4.79 Å². The number of aryl methyl sites for hydroxylation is 1. The molecule has 1 aromatic heterocycles. The second-order valence-corrected chi connectivity index (χ2v) is 7.76. The predicted molar refractivity (Wildman–Crippen MR) is 113 cm³/mol. The van der Waals surface area contributed by atoms with Gasteiger partial charge in [-0.2, -0.15) is 0 Å². The Morgan fingerprint density at radius 2 is 2.04 bits per heavy atom. The number of rotatable bonds is 4. The SMILES string of the molecule is CCn1c(CNC(=O)N2CCC[C@H]2c2ccc(Cl)c(Cl)c2)nc2ccccc21. The van der Waals surface area contributed by atoms with Crippen LogP contribution in [0.15, 0.2) is 42.5 Å². The number of nitrogens with one attached hydrogen (secondary N) is 1. The Bertz CT molecular complexity index is 1020. The summed E-state index contributed by atoms with van der Waals surface area (Å²) in [6, 6.07) is 13.6. The van der Waals surface area contributed by atoms with Crippen LogP contribution in [0.2, 0.25) is 10.0 Å². The fourth-order valence-corrected chi connectivity index (χ4v) is 4.25. The molecule has 0 unspecified atom stereocenters.